The average molecular weight is 353 g/mol. The zero-order valence-corrected chi connectivity index (χ0v) is 14.7. The fraction of sp³-hybridized carbons (Fsp3) is 0.412. The maximum atomic E-state index is 14.1. The molecule has 2 heterocycles. The van der Waals surface area contributed by atoms with Gasteiger partial charge in [0.05, 0.1) is 6.04 Å². The maximum Gasteiger partial charge on any atom is 0.246 e. The van der Waals surface area contributed by atoms with Crippen LogP contribution in [0.25, 0.3) is 0 Å². The van der Waals surface area contributed by atoms with E-state index in [1.165, 1.54) is 22.5 Å². The first-order valence-corrected chi connectivity index (χ1v) is 10.1. The summed E-state index contributed by atoms with van der Waals surface area (Å²) in [6, 6.07) is 9.45. The van der Waals surface area contributed by atoms with E-state index in [1.54, 1.807) is 17.4 Å². The van der Waals surface area contributed by atoms with Gasteiger partial charge in [0.1, 0.15) is 10.7 Å². The van der Waals surface area contributed by atoms with Gasteiger partial charge in [0, 0.05) is 16.3 Å². The highest BCUT2D eigenvalue weighted by atomic mass is 32.2. The Morgan fingerprint density at radius 1 is 1.13 bits per heavy atom. The molecule has 1 atom stereocenters. The number of nitrogens with zero attached hydrogens (tertiary/aromatic N) is 1. The number of thiophene rings is 1. The van der Waals surface area contributed by atoms with E-state index in [1.807, 2.05) is 19.1 Å². The Hall–Kier alpha value is -1.24. The zero-order valence-electron chi connectivity index (χ0n) is 13.0. The summed E-state index contributed by atoms with van der Waals surface area (Å²) >= 11 is 1.62. The number of benzene rings is 1. The minimum Gasteiger partial charge on any atom is -0.207 e. The van der Waals surface area contributed by atoms with Gasteiger partial charge in [-0.05, 0) is 44.0 Å². The molecule has 2 aromatic rings. The number of sulfonamides is 1. The molecule has 0 radical (unpaired) electrons. The van der Waals surface area contributed by atoms with Gasteiger partial charge in [-0.25, -0.2) is 12.8 Å². The Morgan fingerprint density at radius 3 is 2.61 bits per heavy atom. The number of hydrogen-bond acceptors (Lipinski definition) is 3. The van der Waals surface area contributed by atoms with Gasteiger partial charge in [-0.2, -0.15) is 4.31 Å². The fourth-order valence-electron chi connectivity index (χ4n) is 3.07. The molecule has 1 saturated heterocycles. The number of rotatable bonds is 3. The smallest absolute Gasteiger partial charge is 0.207 e. The van der Waals surface area contributed by atoms with Crippen molar-refractivity contribution in [2.24, 2.45) is 0 Å². The van der Waals surface area contributed by atoms with E-state index in [0.29, 0.717) is 6.54 Å². The lowest BCUT2D eigenvalue weighted by molar-refractivity contribution is 0.331. The quantitative estimate of drug-likeness (QED) is 0.814. The third-order valence-corrected chi connectivity index (χ3v) is 7.26. The predicted octanol–water partition coefficient (Wildman–Crippen LogP) is 4.50. The van der Waals surface area contributed by atoms with Crippen LogP contribution in [0.1, 0.15) is 41.5 Å². The first-order chi connectivity index (χ1) is 11.0. The van der Waals surface area contributed by atoms with Crippen LogP contribution in [0.4, 0.5) is 4.39 Å². The summed E-state index contributed by atoms with van der Waals surface area (Å²) in [5.74, 6) is -0.683. The molecule has 0 aliphatic carbocycles. The van der Waals surface area contributed by atoms with E-state index >= 15 is 0 Å². The molecule has 6 heteroatoms. The normalized spacial score (nSPS) is 20.3. The first-order valence-electron chi connectivity index (χ1n) is 7.83. The minimum absolute atomic E-state index is 0.194. The molecule has 1 aliphatic rings. The van der Waals surface area contributed by atoms with Crippen molar-refractivity contribution >= 4 is 21.4 Å². The largest absolute Gasteiger partial charge is 0.246 e. The number of aryl methyl sites for hydroxylation is 1. The molecule has 0 spiro atoms. The molecule has 0 amide bonds. The average Bonchev–Trinajstić information content (AvgIpc) is 2.80. The number of halogens is 1. The highest BCUT2D eigenvalue weighted by Gasteiger charge is 2.35. The molecule has 1 fully saturated rings. The fourth-order valence-corrected chi connectivity index (χ4v) is 5.90. The summed E-state index contributed by atoms with van der Waals surface area (Å²) in [5, 5.41) is 0. The summed E-state index contributed by atoms with van der Waals surface area (Å²) in [4.78, 5) is 1.98. The van der Waals surface area contributed by atoms with Gasteiger partial charge in [0.15, 0.2) is 0 Å². The van der Waals surface area contributed by atoms with Crippen molar-refractivity contribution < 1.29 is 12.8 Å². The van der Waals surface area contributed by atoms with Gasteiger partial charge in [-0.3, -0.25) is 0 Å². The lowest BCUT2D eigenvalue weighted by Crippen LogP contribution is -2.35. The van der Waals surface area contributed by atoms with Crippen LogP contribution >= 0.6 is 11.3 Å². The molecule has 0 unspecified atom stereocenters. The van der Waals surface area contributed by atoms with Crippen LogP contribution in [-0.2, 0) is 10.0 Å². The van der Waals surface area contributed by atoms with Gasteiger partial charge in [0.25, 0.3) is 0 Å². The van der Waals surface area contributed by atoms with Crippen LogP contribution in [0.15, 0.2) is 41.3 Å². The summed E-state index contributed by atoms with van der Waals surface area (Å²) in [5.41, 5.74) is 0. The van der Waals surface area contributed by atoms with E-state index in [-0.39, 0.29) is 10.9 Å². The molecule has 0 bridgehead atoms. The van der Waals surface area contributed by atoms with Gasteiger partial charge in [-0.15, -0.1) is 11.3 Å². The Kier molecular flexibility index (Phi) is 4.85. The Balaban J connectivity index is 2.04. The molecule has 1 aromatic carbocycles. The molecular weight excluding hydrogens is 333 g/mol. The van der Waals surface area contributed by atoms with Gasteiger partial charge >= 0.3 is 0 Å². The van der Waals surface area contributed by atoms with Crippen molar-refractivity contribution in [2.75, 3.05) is 6.54 Å². The van der Waals surface area contributed by atoms with Gasteiger partial charge in [0.2, 0.25) is 10.0 Å². The van der Waals surface area contributed by atoms with Crippen LogP contribution in [0.2, 0.25) is 0 Å². The van der Waals surface area contributed by atoms with E-state index in [4.69, 9.17) is 0 Å². The van der Waals surface area contributed by atoms with Crippen LogP contribution in [-0.4, -0.2) is 19.3 Å². The van der Waals surface area contributed by atoms with Crippen molar-refractivity contribution in [3.63, 3.8) is 0 Å². The van der Waals surface area contributed by atoms with Crippen molar-refractivity contribution in [1.29, 1.82) is 0 Å². The second-order valence-electron chi connectivity index (χ2n) is 5.86. The SMILES string of the molecule is Cc1ccc([C@H]2CCCCCN2S(=O)(=O)c2ccccc2F)s1. The third-order valence-electron chi connectivity index (χ3n) is 4.22. The summed E-state index contributed by atoms with van der Waals surface area (Å²) in [7, 11) is -3.84. The third kappa shape index (κ3) is 3.34. The molecule has 1 aliphatic heterocycles. The van der Waals surface area contributed by atoms with E-state index < -0.39 is 15.8 Å². The van der Waals surface area contributed by atoms with Crippen molar-refractivity contribution in [3.8, 4) is 0 Å². The Bertz CT molecular complexity index is 785. The van der Waals surface area contributed by atoms with E-state index in [9.17, 15) is 12.8 Å². The second-order valence-corrected chi connectivity index (χ2v) is 9.04. The minimum atomic E-state index is -3.84. The summed E-state index contributed by atoms with van der Waals surface area (Å²) in [6.07, 6.45) is 3.59. The zero-order chi connectivity index (χ0) is 16.4. The predicted molar refractivity (Wildman–Crippen MR) is 90.6 cm³/mol. The van der Waals surface area contributed by atoms with E-state index in [2.05, 4.69) is 0 Å². The van der Waals surface area contributed by atoms with Crippen LogP contribution < -0.4 is 0 Å². The van der Waals surface area contributed by atoms with Gasteiger partial charge in [-0.1, -0.05) is 25.0 Å². The second kappa shape index (κ2) is 6.71. The molecule has 3 rings (SSSR count). The number of hydrogen-bond donors (Lipinski definition) is 0. The molecular formula is C17H20FNO2S2. The van der Waals surface area contributed by atoms with Gasteiger partial charge < -0.3 is 0 Å². The van der Waals surface area contributed by atoms with E-state index in [0.717, 1.165) is 35.4 Å². The standard InChI is InChI=1S/C17H20FNO2S2/c1-13-10-11-16(22-13)15-8-3-2-6-12-19(15)23(20,21)17-9-5-4-7-14(17)18/h4-5,7,9-11,15H,2-3,6,8,12H2,1H3/t15-/m1/s1. The molecule has 0 N–H and O–H groups in total. The van der Waals surface area contributed by atoms with Crippen molar-refractivity contribution in [3.05, 3.63) is 52.0 Å². The molecule has 0 saturated carbocycles. The lowest BCUT2D eigenvalue weighted by Gasteiger charge is -2.28. The Morgan fingerprint density at radius 2 is 1.91 bits per heavy atom. The lowest BCUT2D eigenvalue weighted by atomic mass is 10.1. The monoisotopic (exact) mass is 353 g/mol. The van der Waals surface area contributed by atoms with Crippen molar-refractivity contribution in [2.45, 2.75) is 43.5 Å². The topological polar surface area (TPSA) is 37.4 Å². The maximum absolute atomic E-state index is 14.1. The van der Waals surface area contributed by atoms with Crippen LogP contribution in [0, 0.1) is 12.7 Å². The highest BCUT2D eigenvalue weighted by molar-refractivity contribution is 7.89. The van der Waals surface area contributed by atoms with Crippen LogP contribution in [0.3, 0.4) is 0 Å². The molecule has 1 aromatic heterocycles. The summed E-state index contributed by atoms with van der Waals surface area (Å²) < 4.78 is 41.7. The molecule has 124 valence electrons. The first kappa shape index (κ1) is 16.6. The van der Waals surface area contributed by atoms with Crippen molar-refractivity contribution in [1.82, 2.24) is 4.31 Å². The van der Waals surface area contributed by atoms with Crippen LogP contribution in [0.5, 0.6) is 0 Å². The Labute approximate surface area is 140 Å². The molecule has 23 heavy (non-hydrogen) atoms. The molecule has 3 nitrogen and oxygen atoms in total. The summed E-state index contributed by atoms with van der Waals surface area (Å²) in [6.45, 7) is 2.46. The highest BCUT2D eigenvalue weighted by Crippen LogP contribution is 2.37.